The number of rotatable bonds is 7. The number of hydrogen-bond acceptors (Lipinski definition) is 3. The van der Waals surface area contributed by atoms with Crippen molar-refractivity contribution in [3.63, 3.8) is 0 Å². The van der Waals surface area contributed by atoms with E-state index in [2.05, 4.69) is 4.72 Å². The summed E-state index contributed by atoms with van der Waals surface area (Å²) in [6.45, 7) is 0.395. The van der Waals surface area contributed by atoms with E-state index in [0.717, 1.165) is 10.8 Å². The molecule has 7 heteroatoms. The second-order valence-electron chi connectivity index (χ2n) is 5.75. The highest BCUT2D eigenvalue weighted by Gasteiger charge is 2.13. The van der Waals surface area contributed by atoms with Crippen molar-refractivity contribution in [2.24, 2.45) is 0 Å². The minimum atomic E-state index is -3.52. The molecule has 0 aromatic heterocycles. The van der Waals surface area contributed by atoms with Crippen LogP contribution in [-0.4, -0.2) is 21.6 Å². The first-order chi connectivity index (χ1) is 12.4. The van der Waals surface area contributed by atoms with Crippen molar-refractivity contribution in [3.8, 4) is 5.75 Å². The Hall–Kier alpha value is -1.79. The molecule has 3 aromatic rings. The van der Waals surface area contributed by atoms with Crippen LogP contribution in [0.4, 0.5) is 0 Å². The van der Waals surface area contributed by atoms with Gasteiger partial charge in [-0.3, -0.25) is 0 Å². The summed E-state index contributed by atoms with van der Waals surface area (Å²) >= 11 is 11.8. The molecule has 3 aromatic carbocycles. The monoisotopic (exact) mass is 409 g/mol. The van der Waals surface area contributed by atoms with E-state index in [1.807, 2.05) is 42.5 Å². The summed E-state index contributed by atoms with van der Waals surface area (Å²) in [6.07, 6.45) is 0. The van der Waals surface area contributed by atoms with Gasteiger partial charge in [0.1, 0.15) is 12.4 Å². The van der Waals surface area contributed by atoms with Crippen LogP contribution in [0.2, 0.25) is 10.0 Å². The minimum absolute atomic E-state index is 0.167. The van der Waals surface area contributed by atoms with Crippen LogP contribution in [0.1, 0.15) is 5.56 Å². The lowest BCUT2D eigenvalue weighted by Crippen LogP contribution is -2.29. The van der Waals surface area contributed by atoms with Gasteiger partial charge < -0.3 is 4.74 Å². The summed E-state index contributed by atoms with van der Waals surface area (Å²) in [5, 5.41) is 2.99. The van der Waals surface area contributed by atoms with E-state index in [1.165, 1.54) is 6.07 Å². The number of fused-ring (bicyclic) bond motifs is 1. The molecule has 0 heterocycles. The molecule has 0 bridgehead atoms. The average molecular weight is 410 g/mol. The van der Waals surface area contributed by atoms with Crippen LogP contribution in [0.25, 0.3) is 10.8 Å². The highest BCUT2D eigenvalue weighted by molar-refractivity contribution is 7.88. The van der Waals surface area contributed by atoms with Gasteiger partial charge in [0.2, 0.25) is 10.0 Å². The molecule has 0 aliphatic carbocycles. The number of nitrogens with one attached hydrogen (secondary N) is 1. The first-order valence-corrected chi connectivity index (χ1v) is 10.4. The first-order valence-electron chi connectivity index (χ1n) is 7.96. The molecule has 4 nitrogen and oxygen atoms in total. The third-order valence-corrected chi connectivity index (χ3v) is 5.70. The topological polar surface area (TPSA) is 55.4 Å². The van der Waals surface area contributed by atoms with E-state index in [1.54, 1.807) is 12.1 Å². The van der Waals surface area contributed by atoms with E-state index in [-0.39, 0.29) is 18.9 Å². The van der Waals surface area contributed by atoms with Crippen LogP contribution in [0.3, 0.4) is 0 Å². The molecule has 0 amide bonds. The lowest BCUT2D eigenvalue weighted by Gasteiger charge is -2.10. The highest BCUT2D eigenvalue weighted by atomic mass is 35.5. The van der Waals surface area contributed by atoms with E-state index >= 15 is 0 Å². The number of ether oxygens (including phenoxy) is 1. The molecule has 0 radical (unpaired) electrons. The first kappa shape index (κ1) is 19.0. The van der Waals surface area contributed by atoms with Crippen molar-refractivity contribution < 1.29 is 13.2 Å². The maximum Gasteiger partial charge on any atom is 0.215 e. The van der Waals surface area contributed by atoms with Crippen molar-refractivity contribution in [1.82, 2.24) is 4.72 Å². The number of hydrogen-bond donors (Lipinski definition) is 1. The molecule has 3 rings (SSSR count). The molecule has 0 fully saturated rings. The third-order valence-electron chi connectivity index (χ3n) is 3.77. The van der Waals surface area contributed by atoms with Crippen LogP contribution >= 0.6 is 23.2 Å². The normalized spacial score (nSPS) is 11.6. The van der Waals surface area contributed by atoms with Gasteiger partial charge in [-0.15, -0.1) is 0 Å². The van der Waals surface area contributed by atoms with Gasteiger partial charge in [-0.05, 0) is 40.6 Å². The molecule has 0 saturated heterocycles. The van der Waals surface area contributed by atoms with E-state index < -0.39 is 10.0 Å². The van der Waals surface area contributed by atoms with E-state index in [4.69, 9.17) is 27.9 Å². The summed E-state index contributed by atoms with van der Waals surface area (Å²) in [4.78, 5) is 0. The van der Waals surface area contributed by atoms with Gasteiger partial charge in [-0.1, -0.05) is 59.6 Å². The van der Waals surface area contributed by atoms with Crippen LogP contribution in [0, 0.1) is 0 Å². The molecular formula is C19H17Cl2NO3S. The van der Waals surface area contributed by atoms with Crippen molar-refractivity contribution in [2.75, 3.05) is 13.2 Å². The Morgan fingerprint density at radius 1 is 0.923 bits per heavy atom. The fraction of sp³-hybridized carbons (Fsp3) is 0.158. The Labute approximate surface area is 162 Å². The summed E-state index contributed by atoms with van der Waals surface area (Å²) in [5.74, 6) is 0.488. The Morgan fingerprint density at radius 3 is 2.46 bits per heavy atom. The molecule has 0 unspecified atom stereocenters. The number of halogens is 2. The molecule has 0 spiro atoms. The van der Waals surface area contributed by atoms with E-state index in [0.29, 0.717) is 21.4 Å². The summed E-state index contributed by atoms with van der Waals surface area (Å²) in [7, 11) is -3.52. The Bertz CT molecular complexity index is 1020. The van der Waals surface area contributed by atoms with Gasteiger partial charge in [0.05, 0.1) is 5.75 Å². The van der Waals surface area contributed by atoms with Crippen molar-refractivity contribution in [3.05, 3.63) is 76.3 Å². The van der Waals surface area contributed by atoms with Crippen molar-refractivity contribution >= 4 is 44.0 Å². The zero-order valence-corrected chi connectivity index (χ0v) is 16.1. The fourth-order valence-corrected chi connectivity index (χ4v) is 4.23. The van der Waals surface area contributed by atoms with Crippen LogP contribution in [-0.2, 0) is 15.8 Å². The van der Waals surface area contributed by atoms with Gasteiger partial charge in [0, 0.05) is 16.6 Å². The van der Waals surface area contributed by atoms with Gasteiger partial charge in [0.15, 0.2) is 0 Å². The SMILES string of the molecule is O=S(=O)(Cc1ccc(Cl)cc1Cl)NCCOc1ccc2ccccc2c1. The number of sulfonamides is 1. The fourth-order valence-electron chi connectivity index (χ4n) is 2.52. The second-order valence-corrected chi connectivity index (χ2v) is 8.40. The Balaban J connectivity index is 1.53. The lowest BCUT2D eigenvalue weighted by molar-refractivity contribution is 0.323. The maximum absolute atomic E-state index is 12.2. The summed E-state index contributed by atoms with van der Waals surface area (Å²) in [6, 6.07) is 18.5. The molecule has 26 heavy (non-hydrogen) atoms. The Morgan fingerprint density at radius 2 is 1.69 bits per heavy atom. The predicted octanol–water partition coefficient (Wildman–Crippen LogP) is 4.65. The third kappa shape index (κ3) is 5.11. The molecule has 0 aliphatic rings. The van der Waals surface area contributed by atoms with Crippen molar-refractivity contribution in [2.45, 2.75) is 5.75 Å². The predicted molar refractivity (Wildman–Crippen MR) is 107 cm³/mol. The largest absolute Gasteiger partial charge is 0.492 e. The second kappa shape index (κ2) is 8.27. The minimum Gasteiger partial charge on any atom is -0.492 e. The standard InChI is InChI=1S/C19H17Cl2NO3S/c20-17-7-5-16(19(21)12-17)13-26(23,24)22-9-10-25-18-8-6-14-3-1-2-4-15(14)11-18/h1-8,11-12,22H,9-10,13H2. The van der Waals surface area contributed by atoms with Gasteiger partial charge in [-0.25, -0.2) is 13.1 Å². The smallest absolute Gasteiger partial charge is 0.215 e. The highest BCUT2D eigenvalue weighted by Crippen LogP contribution is 2.23. The quantitative estimate of drug-likeness (QED) is 0.577. The molecular weight excluding hydrogens is 393 g/mol. The Kier molecular flexibility index (Phi) is 6.04. The van der Waals surface area contributed by atoms with Gasteiger partial charge in [0.25, 0.3) is 0 Å². The summed E-state index contributed by atoms with van der Waals surface area (Å²) in [5.41, 5.74) is 0.499. The zero-order chi connectivity index (χ0) is 18.6. The van der Waals surface area contributed by atoms with Gasteiger partial charge >= 0.3 is 0 Å². The molecule has 0 saturated carbocycles. The van der Waals surface area contributed by atoms with Crippen molar-refractivity contribution in [1.29, 1.82) is 0 Å². The average Bonchev–Trinajstić information content (AvgIpc) is 2.61. The van der Waals surface area contributed by atoms with Crippen LogP contribution in [0.5, 0.6) is 5.75 Å². The maximum atomic E-state index is 12.2. The lowest BCUT2D eigenvalue weighted by atomic mass is 10.1. The summed E-state index contributed by atoms with van der Waals surface area (Å²) < 4.78 is 32.5. The van der Waals surface area contributed by atoms with Gasteiger partial charge in [-0.2, -0.15) is 0 Å². The molecule has 0 aliphatic heterocycles. The zero-order valence-electron chi connectivity index (χ0n) is 13.8. The molecule has 136 valence electrons. The molecule has 0 atom stereocenters. The van der Waals surface area contributed by atoms with Crippen LogP contribution < -0.4 is 9.46 Å². The van der Waals surface area contributed by atoms with Crippen LogP contribution in [0.15, 0.2) is 60.7 Å². The van der Waals surface area contributed by atoms with E-state index in [9.17, 15) is 8.42 Å². The number of benzene rings is 3. The molecule has 1 N–H and O–H groups in total.